The minimum absolute atomic E-state index is 0.320. The van der Waals surface area contributed by atoms with Crippen LogP contribution in [0.25, 0.3) is 0 Å². The first-order valence-corrected chi connectivity index (χ1v) is 16.1. The number of benzene rings is 4. The molecule has 0 radical (unpaired) electrons. The van der Waals surface area contributed by atoms with E-state index in [0.29, 0.717) is 33.0 Å². The quantitative estimate of drug-likeness (QED) is 0.117. The number of rotatable bonds is 15. The van der Waals surface area contributed by atoms with E-state index in [4.69, 9.17) is 28.1 Å². The fourth-order valence-corrected chi connectivity index (χ4v) is 6.35. The molecular weight excluding hydrogens is 584 g/mol. The van der Waals surface area contributed by atoms with Gasteiger partial charge in [-0.1, -0.05) is 133 Å². The minimum Gasteiger partial charge on any atom is -0.458 e. The Hall–Kier alpha value is -3.69. The Morgan fingerprint density at radius 2 is 0.956 bits per heavy atom. The van der Waals surface area contributed by atoms with Crippen LogP contribution in [-0.4, -0.2) is 36.5 Å². The molecule has 1 fully saturated rings. The summed E-state index contributed by atoms with van der Waals surface area (Å²) in [5, 5.41) is 0.739. The summed E-state index contributed by atoms with van der Waals surface area (Å²) in [5.74, 6) is 0. The van der Waals surface area contributed by atoms with Crippen molar-refractivity contribution in [2.75, 3.05) is 6.61 Å². The average molecular weight is 623 g/mol. The second-order valence-electron chi connectivity index (χ2n) is 10.9. The predicted molar refractivity (Wildman–Crippen MR) is 174 cm³/mol. The third-order valence-electron chi connectivity index (χ3n) is 7.57. The molecule has 1 aliphatic rings. The van der Waals surface area contributed by atoms with Gasteiger partial charge in [-0.05, 0) is 34.4 Å². The zero-order valence-electron chi connectivity index (χ0n) is 25.1. The van der Waals surface area contributed by atoms with E-state index in [1.165, 1.54) is 11.8 Å². The Kier molecular flexibility index (Phi) is 11.5. The van der Waals surface area contributed by atoms with Crippen LogP contribution in [0.4, 0.5) is 0 Å². The molecule has 1 saturated heterocycles. The van der Waals surface area contributed by atoms with Gasteiger partial charge < -0.3 is 28.1 Å². The summed E-state index contributed by atoms with van der Waals surface area (Å²) in [6.45, 7) is 1.98. The zero-order chi connectivity index (χ0) is 30.5. The fourth-order valence-electron chi connectivity index (χ4n) is 5.29. The van der Waals surface area contributed by atoms with Gasteiger partial charge >= 0.3 is 0 Å². The van der Waals surface area contributed by atoms with Crippen molar-refractivity contribution < 1.29 is 28.1 Å². The fraction of sp³-hybridized carbons (Fsp3) is 0.263. The van der Waals surface area contributed by atoms with Gasteiger partial charge in [-0.25, -0.2) is 0 Å². The van der Waals surface area contributed by atoms with Crippen LogP contribution in [0.15, 0.2) is 149 Å². The summed E-state index contributed by atoms with van der Waals surface area (Å²) < 4.78 is 39.0. The maximum atomic E-state index is 6.83. The molecule has 1 aliphatic heterocycles. The molecule has 0 saturated carbocycles. The van der Waals surface area contributed by atoms with E-state index in [1.807, 2.05) is 84.9 Å². The van der Waals surface area contributed by atoms with Crippen molar-refractivity contribution in [3.8, 4) is 0 Å². The molecule has 5 aromatic rings. The highest BCUT2D eigenvalue weighted by Gasteiger charge is 2.49. The van der Waals surface area contributed by atoms with E-state index < -0.39 is 29.9 Å². The first-order valence-electron chi connectivity index (χ1n) is 15.3. The van der Waals surface area contributed by atoms with E-state index in [1.54, 1.807) is 6.26 Å². The van der Waals surface area contributed by atoms with Crippen molar-refractivity contribution in [2.24, 2.45) is 0 Å². The minimum atomic E-state index is -0.477. The lowest BCUT2D eigenvalue weighted by Crippen LogP contribution is -2.60. The van der Waals surface area contributed by atoms with Crippen LogP contribution in [0.3, 0.4) is 0 Å². The first-order chi connectivity index (χ1) is 22.3. The van der Waals surface area contributed by atoms with E-state index in [0.717, 1.165) is 27.3 Å². The normalized spacial score (nSPS) is 21.5. The maximum absolute atomic E-state index is 6.83. The molecule has 7 heteroatoms. The third kappa shape index (κ3) is 9.17. The Morgan fingerprint density at radius 1 is 0.489 bits per heavy atom. The van der Waals surface area contributed by atoms with Gasteiger partial charge in [0.1, 0.15) is 29.9 Å². The molecule has 0 aliphatic carbocycles. The van der Waals surface area contributed by atoms with Crippen LogP contribution in [0.1, 0.15) is 22.3 Å². The largest absolute Gasteiger partial charge is 0.458 e. The van der Waals surface area contributed by atoms with E-state index in [2.05, 4.69) is 48.5 Å². The highest BCUT2D eigenvalue weighted by Crippen LogP contribution is 2.38. The van der Waals surface area contributed by atoms with Crippen molar-refractivity contribution in [2.45, 2.75) is 61.4 Å². The lowest BCUT2D eigenvalue weighted by Gasteiger charge is -2.45. The van der Waals surface area contributed by atoms with Gasteiger partial charge in [-0.3, -0.25) is 0 Å². The smallest absolute Gasteiger partial charge is 0.162 e. The Balaban J connectivity index is 1.30. The van der Waals surface area contributed by atoms with E-state index in [-0.39, 0.29) is 0 Å². The Morgan fingerprint density at radius 3 is 1.44 bits per heavy atom. The molecule has 232 valence electrons. The Labute approximate surface area is 269 Å². The molecule has 4 aromatic carbocycles. The van der Waals surface area contributed by atoms with Crippen LogP contribution in [0.2, 0.25) is 0 Å². The van der Waals surface area contributed by atoms with Crippen molar-refractivity contribution in [3.05, 3.63) is 162 Å². The van der Waals surface area contributed by atoms with E-state index in [9.17, 15) is 0 Å². The first kappa shape index (κ1) is 31.3. The lowest BCUT2D eigenvalue weighted by molar-refractivity contribution is -0.254. The molecule has 0 amide bonds. The van der Waals surface area contributed by atoms with Crippen molar-refractivity contribution in [3.63, 3.8) is 0 Å². The molecule has 2 heterocycles. The summed E-state index contributed by atoms with van der Waals surface area (Å²) >= 11 is 1.48. The van der Waals surface area contributed by atoms with Gasteiger partial charge in [0.25, 0.3) is 0 Å². The highest BCUT2D eigenvalue weighted by atomic mass is 32.2. The molecule has 45 heavy (non-hydrogen) atoms. The number of thioether (sulfide) groups is 1. The number of hydrogen-bond donors (Lipinski definition) is 0. The second kappa shape index (κ2) is 16.6. The average Bonchev–Trinajstić information content (AvgIpc) is 3.61. The molecule has 1 aromatic heterocycles. The molecule has 0 bridgehead atoms. The molecule has 0 N–H and O–H groups in total. The third-order valence-corrected chi connectivity index (χ3v) is 8.64. The maximum Gasteiger partial charge on any atom is 0.162 e. The lowest BCUT2D eigenvalue weighted by atomic mass is 9.98. The van der Waals surface area contributed by atoms with Crippen molar-refractivity contribution >= 4 is 11.8 Å². The van der Waals surface area contributed by atoms with Gasteiger partial charge in [-0.15, -0.1) is 0 Å². The summed E-state index contributed by atoms with van der Waals surface area (Å²) in [5.41, 5.74) is 3.85. The number of ether oxygens (including phenoxy) is 5. The van der Waals surface area contributed by atoms with E-state index >= 15 is 0 Å². The molecule has 5 atom stereocenters. The summed E-state index contributed by atoms with van der Waals surface area (Å²) in [6, 6.07) is 44.4. The Bertz CT molecular complexity index is 1500. The van der Waals surface area contributed by atoms with Crippen LogP contribution in [-0.2, 0) is 50.1 Å². The molecule has 6 rings (SSSR count). The monoisotopic (exact) mass is 622 g/mol. The summed E-state index contributed by atoms with van der Waals surface area (Å²) in [7, 11) is 0. The van der Waals surface area contributed by atoms with Gasteiger partial charge in [-0.2, -0.15) is 0 Å². The van der Waals surface area contributed by atoms with Crippen LogP contribution in [0, 0.1) is 0 Å². The van der Waals surface area contributed by atoms with Crippen LogP contribution >= 0.6 is 11.8 Å². The van der Waals surface area contributed by atoms with Crippen LogP contribution < -0.4 is 0 Å². The standard InChI is InChI=1S/C38H38O6S/c1-5-14-29(15-6-1)24-39-28-33-35(41-25-30-16-7-2-8-17-30)36(42-26-31-18-9-3-10-19-31)37(43-27-32-20-11-4-12-21-32)38(44-33)45-34-22-13-23-40-34/h1-23,33,35-38H,24-28H2/t33-,35-,36+,37-,38+/m1/s1. The van der Waals surface area contributed by atoms with Crippen molar-refractivity contribution in [1.82, 2.24) is 0 Å². The number of hydrogen-bond acceptors (Lipinski definition) is 7. The number of furan rings is 1. The topological polar surface area (TPSA) is 59.3 Å². The molecule has 0 spiro atoms. The summed E-state index contributed by atoms with van der Waals surface area (Å²) in [6.07, 6.45) is -0.180. The van der Waals surface area contributed by atoms with Gasteiger partial charge in [0.05, 0.1) is 39.3 Å². The van der Waals surface area contributed by atoms with Gasteiger partial charge in [0, 0.05) is 0 Å². The predicted octanol–water partition coefficient (Wildman–Crippen LogP) is 8.07. The SMILES string of the molecule is c1ccc(COC[C@H]2O[C@@H](Sc3ccco3)[C@H](OCc3ccccc3)[C@@H](OCc3ccccc3)[C@@H]2OCc2ccccc2)cc1. The molecule has 0 unspecified atom stereocenters. The summed E-state index contributed by atoms with van der Waals surface area (Å²) in [4.78, 5) is 0. The molecular formula is C38H38O6S. The van der Waals surface area contributed by atoms with Crippen LogP contribution in [0.5, 0.6) is 0 Å². The second-order valence-corrected chi connectivity index (χ2v) is 12.0. The molecule has 6 nitrogen and oxygen atoms in total. The zero-order valence-corrected chi connectivity index (χ0v) is 25.9. The van der Waals surface area contributed by atoms with Crippen molar-refractivity contribution in [1.29, 1.82) is 0 Å². The highest BCUT2D eigenvalue weighted by molar-refractivity contribution is 7.99. The van der Waals surface area contributed by atoms with Gasteiger partial charge in [0.2, 0.25) is 0 Å². The van der Waals surface area contributed by atoms with Gasteiger partial charge in [0.15, 0.2) is 5.09 Å².